The average Bonchev–Trinajstić information content (AvgIpc) is 3.18. The fraction of sp³-hybridized carbons (Fsp3) is 0.300. The Morgan fingerprint density at radius 2 is 1.93 bits per heavy atom. The number of halogens is 1. The van der Waals surface area contributed by atoms with Gasteiger partial charge in [-0.15, -0.1) is 0 Å². The highest BCUT2D eigenvalue weighted by atomic mass is 35.5. The number of methoxy groups -OCH3 is 1. The second kappa shape index (κ2) is 9.05. The van der Waals surface area contributed by atoms with Crippen LogP contribution in [0.2, 0.25) is 5.02 Å². The van der Waals surface area contributed by atoms with Gasteiger partial charge >= 0.3 is 5.97 Å². The topological polar surface area (TPSA) is 99.7 Å². The molecule has 3 rings (SSSR count). The fourth-order valence-electron chi connectivity index (χ4n) is 3.23. The number of ether oxygens (including phenoxy) is 1. The van der Waals surface area contributed by atoms with Crippen molar-refractivity contribution in [3.63, 3.8) is 0 Å². The first-order valence-corrected chi connectivity index (χ1v) is 9.27. The third-order valence-corrected chi connectivity index (χ3v) is 5.06. The molecule has 0 spiro atoms. The van der Waals surface area contributed by atoms with Crippen LogP contribution >= 0.6 is 11.6 Å². The number of carboxylic acids is 1. The number of hydrogen-bond donors (Lipinski definition) is 4. The number of hydrogen-bond acceptors (Lipinski definition) is 5. The number of amides is 1. The number of carbonyl (C=O) groups is 2. The van der Waals surface area contributed by atoms with Crippen LogP contribution in [0.5, 0.6) is 5.75 Å². The van der Waals surface area contributed by atoms with Crippen LogP contribution in [0.3, 0.4) is 0 Å². The standard InChI is InChI=1S/C20H22ClN3O4/c1-28-13-8-6-12(7-9-13)16-10-18(24-23-16)20(27)22-17(11-19(25)26)14-4-2-3-5-15(14)21/h2-9,16-18,23-24H,10-11H2,1H3,(H,22,27)(H,25,26). The molecule has 28 heavy (non-hydrogen) atoms. The van der Waals surface area contributed by atoms with Gasteiger partial charge in [-0.05, 0) is 35.7 Å². The molecule has 3 unspecified atom stereocenters. The summed E-state index contributed by atoms with van der Waals surface area (Å²) < 4.78 is 5.16. The molecule has 1 heterocycles. The molecule has 3 atom stereocenters. The molecule has 4 N–H and O–H groups in total. The molecule has 1 aliphatic rings. The summed E-state index contributed by atoms with van der Waals surface area (Å²) in [6, 6.07) is 13.3. The lowest BCUT2D eigenvalue weighted by atomic mass is 10.00. The van der Waals surface area contributed by atoms with Gasteiger partial charge in [-0.2, -0.15) is 0 Å². The number of carbonyl (C=O) groups excluding carboxylic acids is 1. The van der Waals surface area contributed by atoms with Crippen molar-refractivity contribution in [1.82, 2.24) is 16.2 Å². The summed E-state index contributed by atoms with van der Waals surface area (Å²) in [5.74, 6) is -0.534. The zero-order valence-corrected chi connectivity index (χ0v) is 16.1. The van der Waals surface area contributed by atoms with E-state index in [1.54, 1.807) is 31.4 Å². The molecular formula is C20H22ClN3O4. The number of nitrogens with one attached hydrogen (secondary N) is 3. The lowest BCUT2D eigenvalue weighted by Crippen LogP contribution is -2.44. The van der Waals surface area contributed by atoms with Crippen molar-refractivity contribution in [3.8, 4) is 5.75 Å². The first-order chi connectivity index (χ1) is 13.5. The Bertz CT molecular complexity index is 844. The maximum atomic E-state index is 12.7. The third-order valence-electron chi connectivity index (χ3n) is 4.71. The fourth-order valence-corrected chi connectivity index (χ4v) is 3.49. The van der Waals surface area contributed by atoms with Crippen LogP contribution in [-0.4, -0.2) is 30.1 Å². The quantitative estimate of drug-likeness (QED) is 0.567. The zero-order valence-electron chi connectivity index (χ0n) is 15.3. The summed E-state index contributed by atoms with van der Waals surface area (Å²) >= 11 is 6.19. The molecule has 0 aromatic heterocycles. The van der Waals surface area contributed by atoms with Gasteiger partial charge < -0.3 is 15.2 Å². The normalized spacial score (nSPS) is 19.8. The highest BCUT2D eigenvalue weighted by Gasteiger charge is 2.32. The Hall–Kier alpha value is -2.61. The second-order valence-electron chi connectivity index (χ2n) is 6.58. The molecule has 1 saturated heterocycles. The SMILES string of the molecule is COc1ccc(C2CC(C(=O)NC(CC(=O)O)c3ccccc3Cl)NN2)cc1. The van der Waals surface area contributed by atoms with Gasteiger partial charge in [0.15, 0.2) is 0 Å². The number of hydrazine groups is 1. The van der Waals surface area contributed by atoms with E-state index in [0.717, 1.165) is 11.3 Å². The lowest BCUT2D eigenvalue weighted by Gasteiger charge is -2.20. The molecule has 2 aromatic rings. The van der Waals surface area contributed by atoms with Gasteiger partial charge in [0.2, 0.25) is 5.91 Å². The van der Waals surface area contributed by atoms with Crippen LogP contribution in [0.4, 0.5) is 0 Å². The third kappa shape index (κ3) is 4.81. The molecule has 0 radical (unpaired) electrons. The largest absolute Gasteiger partial charge is 0.497 e. The van der Waals surface area contributed by atoms with Gasteiger partial charge in [-0.1, -0.05) is 41.9 Å². The van der Waals surface area contributed by atoms with E-state index < -0.39 is 18.1 Å². The summed E-state index contributed by atoms with van der Waals surface area (Å²) in [6.07, 6.45) is 0.276. The van der Waals surface area contributed by atoms with Crippen LogP contribution in [0.15, 0.2) is 48.5 Å². The molecule has 8 heteroatoms. The minimum absolute atomic E-state index is 0.0418. The molecular weight excluding hydrogens is 382 g/mol. The van der Waals surface area contributed by atoms with Crippen molar-refractivity contribution in [2.75, 3.05) is 7.11 Å². The van der Waals surface area contributed by atoms with Gasteiger partial charge in [0.05, 0.1) is 19.6 Å². The molecule has 0 aliphatic carbocycles. The summed E-state index contributed by atoms with van der Waals surface area (Å²) in [7, 11) is 1.61. The molecule has 1 aliphatic heterocycles. The van der Waals surface area contributed by atoms with Gasteiger partial charge in [0.25, 0.3) is 0 Å². The van der Waals surface area contributed by atoms with E-state index in [-0.39, 0.29) is 18.4 Å². The maximum Gasteiger partial charge on any atom is 0.305 e. The monoisotopic (exact) mass is 403 g/mol. The van der Waals surface area contributed by atoms with Gasteiger partial charge in [-0.25, -0.2) is 10.9 Å². The molecule has 0 saturated carbocycles. The number of rotatable bonds is 7. The van der Waals surface area contributed by atoms with Crippen LogP contribution < -0.4 is 20.9 Å². The van der Waals surface area contributed by atoms with Crippen molar-refractivity contribution >= 4 is 23.5 Å². The van der Waals surface area contributed by atoms with Crippen molar-refractivity contribution in [2.45, 2.75) is 31.0 Å². The Kier molecular flexibility index (Phi) is 6.51. The Morgan fingerprint density at radius 3 is 2.57 bits per heavy atom. The first kappa shape index (κ1) is 20.1. The van der Waals surface area contributed by atoms with Crippen molar-refractivity contribution in [3.05, 3.63) is 64.7 Å². The van der Waals surface area contributed by atoms with Crippen molar-refractivity contribution in [1.29, 1.82) is 0 Å². The molecule has 2 aromatic carbocycles. The van der Waals surface area contributed by atoms with E-state index in [9.17, 15) is 14.7 Å². The minimum Gasteiger partial charge on any atom is -0.497 e. The van der Waals surface area contributed by atoms with Crippen molar-refractivity contribution < 1.29 is 19.4 Å². The lowest BCUT2D eigenvalue weighted by molar-refractivity contribution is -0.137. The summed E-state index contributed by atoms with van der Waals surface area (Å²) in [4.78, 5) is 24.0. The van der Waals surface area contributed by atoms with Crippen LogP contribution in [0.1, 0.15) is 36.1 Å². The Balaban J connectivity index is 1.67. The smallest absolute Gasteiger partial charge is 0.305 e. The number of benzene rings is 2. The highest BCUT2D eigenvalue weighted by Crippen LogP contribution is 2.27. The first-order valence-electron chi connectivity index (χ1n) is 8.89. The van der Waals surface area contributed by atoms with E-state index in [4.69, 9.17) is 16.3 Å². The van der Waals surface area contributed by atoms with Gasteiger partial charge in [-0.3, -0.25) is 9.59 Å². The van der Waals surface area contributed by atoms with E-state index >= 15 is 0 Å². The van der Waals surface area contributed by atoms with Crippen LogP contribution in [0, 0.1) is 0 Å². The minimum atomic E-state index is -1.01. The average molecular weight is 404 g/mol. The van der Waals surface area contributed by atoms with E-state index in [2.05, 4.69) is 16.2 Å². The molecule has 7 nitrogen and oxygen atoms in total. The van der Waals surface area contributed by atoms with E-state index in [0.29, 0.717) is 17.0 Å². The predicted molar refractivity (Wildman–Crippen MR) is 105 cm³/mol. The number of carboxylic acid groups (broad SMARTS) is 1. The second-order valence-corrected chi connectivity index (χ2v) is 6.99. The summed E-state index contributed by atoms with van der Waals surface area (Å²) in [5, 5.41) is 12.4. The van der Waals surface area contributed by atoms with E-state index in [1.807, 2.05) is 24.3 Å². The summed E-state index contributed by atoms with van der Waals surface area (Å²) in [5.41, 5.74) is 7.70. The molecule has 0 bridgehead atoms. The van der Waals surface area contributed by atoms with Gasteiger partial charge in [0.1, 0.15) is 11.8 Å². The van der Waals surface area contributed by atoms with Crippen LogP contribution in [0.25, 0.3) is 0 Å². The van der Waals surface area contributed by atoms with Crippen molar-refractivity contribution in [2.24, 2.45) is 0 Å². The number of aliphatic carboxylic acids is 1. The highest BCUT2D eigenvalue weighted by molar-refractivity contribution is 6.31. The summed E-state index contributed by atoms with van der Waals surface area (Å²) in [6.45, 7) is 0. The maximum absolute atomic E-state index is 12.7. The predicted octanol–water partition coefficient (Wildman–Crippen LogP) is 2.59. The molecule has 148 valence electrons. The van der Waals surface area contributed by atoms with E-state index in [1.165, 1.54) is 0 Å². The Morgan fingerprint density at radius 1 is 1.21 bits per heavy atom. The molecule has 1 amide bonds. The Labute approximate surface area is 168 Å². The van der Waals surface area contributed by atoms with Crippen LogP contribution in [-0.2, 0) is 9.59 Å². The zero-order chi connectivity index (χ0) is 20.1. The van der Waals surface area contributed by atoms with Gasteiger partial charge in [0, 0.05) is 11.1 Å². The molecule has 1 fully saturated rings.